The number of nitrogens with one attached hydrogen (secondary N) is 1. The molecular weight excluding hydrogens is 602 g/mol. The number of hydrogen-bond donors (Lipinski definition) is 2. The molecule has 10 nitrogen and oxygen atoms in total. The quantitative estimate of drug-likeness (QED) is 0.444. The van der Waals surface area contributed by atoms with Gasteiger partial charge >= 0.3 is 10.8 Å². The summed E-state index contributed by atoms with van der Waals surface area (Å²) in [6, 6.07) is 5.32. The number of amides is 3. The lowest BCUT2D eigenvalue weighted by Gasteiger charge is -2.43. The molecule has 0 spiro atoms. The van der Waals surface area contributed by atoms with Crippen LogP contribution in [-0.4, -0.2) is 75.1 Å². The van der Waals surface area contributed by atoms with Crippen molar-refractivity contribution in [2.75, 3.05) is 26.2 Å². The molecule has 2 saturated carbocycles. The third kappa shape index (κ3) is 4.48. The van der Waals surface area contributed by atoms with Crippen molar-refractivity contribution in [1.82, 2.24) is 14.8 Å². The first-order valence-electron chi connectivity index (χ1n) is 14.4. The van der Waals surface area contributed by atoms with Gasteiger partial charge in [-0.25, -0.2) is 0 Å². The zero-order valence-electron chi connectivity index (χ0n) is 22.6. The molecule has 0 radical (unpaired) electrons. The normalized spacial score (nSPS) is 31.2. The van der Waals surface area contributed by atoms with Gasteiger partial charge in [0, 0.05) is 46.3 Å². The van der Waals surface area contributed by atoms with Crippen molar-refractivity contribution in [3.05, 3.63) is 43.3 Å². The van der Waals surface area contributed by atoms with Crippen molar-refractivity contribution in [3.8, 4) is 5.75 Å². The molecule has 42 heavy (non-hydrogen) atoms. The zero-order valence-corrected chi connectivity index (χ0v) is 25.0. The summed E-state index contributed by atoms with van der Waals surface area (Å²) in [5, 5.41) is 10.4. The van der Waals surface area contributed by atoms with Crippen molar-refractivity contribution in [3.63, 3.8) is 0 Å². The molecule has 2 aromatic rings. The lowest BCUT2D eigenvalue weighted by molar-refractivity contribution is -0.142. The van der Waals surface area contributed by atoms with Crippen molar-refractivity contribution in [2.24, 2.45) is 29.6 Å². The third-order valence-corrected chi connectivity index (χ3v) is 12.6. The second-order valence-corrected chi connectivity index (χ2v) is 14.5. The molecule has 3 aliphatic heterocycles. The molecule has 2 saturated heterocycles. The van der Waals surface area contributed by atoms with E-state index in [1.165, 1.54) is 0 Å². The highest BCUT2D eigenvalue weighted by atomic mass is 35.5. The van der Waals surface area contributed by atoms with E-state index < -0.39 is 17.8 Å². The Morgan fingerprint density at radius 3 is 2.55 bits per heavy atom. The van der Waals surface area contributed by atoms with Gasteiger partial charge in [-0.15, -0.1) is 11.8 Å². The number of thiazole rings is 1. The summed E-state index contributed by atoms with van der Waals surface area (Å²) < 4.78 is 6.18. The van der Waals surface area contributed by atoms with E-state index in [-0.39, 0.29) is 71.1 Å². The topological polar surface area (TPSA) is 137 Å². The number of ether oxygens (including phenoxy) is 1. The first-order valence-corrected chi connectivity index (χ1v) is 16.5. The fourth-order valence-corrected chi connectivity index (χ4v) is 11.2. The number of hydrogen-bond acceptors (Lipinski definition) is 8. The number of carbonyl (C=O) groups is 4. The summed E-state index contributed by atoms with van der Waals surface area (Å²) >= 11 is 9.24. The lowest BCUT2D eigenvalue weighted by Crippen LogP contribution is -2.43. The molecule has 13 heteroatoms. The van der Waals surface area contributed by atoms with Crippen molar-refractivity contribution in [2.45, 2.75) is 48.3 Å². The Hall–Kier alpha value is -2.83. The molecule has 4 heterocycles. The molecule has 2 aliphatic carbocycles. The molecule has 7 rings (SSSR count). The van der Waals surface area contributed by atoms with Gasteiger partial charge in [-0.3, -0.25) is 28.9 Å². The molecular formula is C29H30ClN3O7S2. The van der Waals surface area contributed by atoms with Gasteiger partial charge in [-0.1, -0.05) is 22.9 Å². The van der Waals surface area contributed by atoms with Crippen LogP contribution in [-0.2, 0) is 19.2 Å². The number of rotatable bonds is 7. The first-order chi connectivity index (χ1) is 20.2. The highest BCUT2D eigenvalue weighted by Gasteiger charge is 2.69. The molecule has 2 bridgehead atoms. The number of aliphatic carboxylic acids is 1. The Balaban J connectivity index is 1.24. The maximum Gasteiger partial charge on any atom is 0.305 e. The SMILES string of the molecule is O=C(O)CCN1C(=O)C2C3CC(C2C1=O)C1C3Sc2[nH]c(=O)sc2[C@@H]1c1cc(Cl)ccc1OCC(=O)N1CCCCC1. The average molecular weight is 632 g/mol. The first kappa shape index (κ1) is 28.0. The van der Waals surface area contributed by atoms with Crippen LogP contribution in [0.15, 0.2) is 28.0 Å². The molecule has 4 fully saturated rings. The number of carboxylic acids is 1. The van der Waals surface area contributed by atoms with Gasteiger partial charge in [0.2, 0.25) is 11.8 Å². The predicted molar refractivity (Wildman–Crippen MR) is 155 cm³/mol. The minimum absolute atomic E-state index is 0.0306. The van der Waals surface area contributed by atoms with Gasteiger partial charge in [0.25, 0.3) is 5.91 Å². The largest absolute Gasteiger partial charge is 0.483 e. The van der Waals surface area contributed by atoms with Crippen LogP contribution in [0.4, 0.5) is 0 Å². The van der Waals surface area contributed by atoms with Crippen molar-refractivity contribution >= 4 is 58.4 Å². The number of thioether (sulfide) groups is 1. The molecule has 5 aliphatic rings. The van der Waals surface area contributed by atoms with Gasteiger partial charge in [0.1, 0.15) is 5.75 Å². The predicted octanol–water partition coefficient (Wildman–Crippen LogP) is 3.43. The fraction of sp³-hybridized carbons (Fsp3) is 0.552. The number of carboxylic acid groups (broad SMARTS) is 1. The van der Waals surface area contributed by atoms with E-state index >= 15 is 0 Å². The van der Waals surface area contributed by atoms with Crippen molar-refractivity contribution < 1.29 is 29.0 Å². The van der Waals surface area contributed by atoms with E-state index in [1.54, 1.807) is 23.9 Å². The van der Waals surface area contributed by atoms with Crippen LogP contribution in [0.3, 0.4) is 0 Å². The van der Waals surface area contributed by atoms with Crippen LogP contribution in [0.25, 0.3) is 0 Å². The minimum Gasteiger partial charge on any atom is -0.483 e. The maximum absolute atomic E-state index is 13.6. The number of halogens is 1. The Bertz CT molecular complexity index is 1540. The van der Waals surface area contributed by atoms with Gasteiger partial charge in [0.05, 0.1) is 23.3 Å². The standard InChI is InChI=1S/C29H30ClN3O7S2/c30-13-4-5-17(40-12-18(34)32-7-2-1-3-8-32)14(10-13)20-21-15-11-16(24(21)41-26-25(20)42-29(39)31-26)23-22(15)27(37)33(28(23)38)9-6-19(35)36/h4-5,10,15-16,20-24H,1-3,6-9,11-12H2,(H,31,39)(H,35,36)/t15?,16?,20-,21?,22?,23?,24?/m1/s1. The Morgan fingerprint density at radius 1 is 1.07 bits per heavy atom. The number of piperidine rings is 1. The number of H-pyrrole nitrogens is 1. The Kier molecular flexibility index (Phi) is 7.13. The van der Waals surface area contributed by atoms with Crippen LogP contribution in [0, 0.1) is 29.6 Å². The van der Waals surface area contributed by atoms with E-state index in [4.69, 9.17) is 21.4 Å². The monoisotopic (exact) mass is 631 g/mol. The van der Waals surface area contributed by atoms with Crippen LogP contribution in [0.5, 0.6) is 5.75 Å². The van der Waals surface area contributed by atoms with E-state index in [0.29, 0.717) is 17.2 Å². The molecule has 222 valence electrons. The molecule has 1 aromatic heterocycles. The second kappa shape index (κ2) is 10.7. The van der Waals surface area contributed by atoms with Crippen molar-refractivity contribution in [1.29, 1.82) is 0 Å². The summed E-state index contributed by atoms with van der Waals surface area (Å²) in [6.45, 7) is 1.22. The Morgan fingerprint density at radius 2 is 1.81 bits per heavy atom. The lowest BCUT2D eigenvalue weighted by atomic mass is 9.68. The number of benzene rings is 1. The van der Waals surface area contributed by atoms with Gasteiger partial charge in [0.15, 0.2) is 6.61 Å². The minimum atomic E-state index is -1.06. The van der Waals surface area contributed by atoms with Gasteiger partial charge in [-0.2, -0.15) is 0 Å². The van der Waals surface area contributed by atoms with E-state index in [2.05, 4.69) is 4.98 Å². The molecule has 7 atom stereocenters. The fourth-order valence-electron chi connectivity index (χ4n) is 8.12. The van der Waals surface area contributed by atoms with Crippen LogP contribution < -0.4 is 9.61 Å². The number of likely N-dealkylation sites (tertiary alicyclic amines) is 2. The summed E-state index contributed by atoms with van der Waals surface area (Å²) in [5.41, 5.74) is 0.768. The second-order valence-electron chi connectivity index (χ2n) is 11.8. The summed E-state index contributed by atoms with van der Waals surface area (Å²) in [6.07, 6.45) is 3.51. The average Bonchev–Trinajstić information content (AvgIpc) is 3.70. The van der Waals surface area contributed by atoms with Crippen LogP contribution in [0.1, 0.15) is 48.5 Å². The number of carbonyl (C=O) groups excluding carboxylic acids is 3. The van der Waals surface area contributed by atoms with E-state index in [1.807, 2.05) is 11.0 Å². The number of fused-ring (bicyclic) bond motifs is 9. The van der Waals surface area contributed by atoms with E-state index in [0.717, 1.165) is 64.1 Å². The van der Waals surface area contributed by atoms with Gasteiger partial charge in [-0.05, 0) is 61.6 Å². The highest BCUT2D eigenvalue weighted by molar-refractivity contribution is 8.00. The molecule has 1 aromatic carbocycles. The number of aromatic amines is 1. The Labute approximate surface area is 254 Å². The summed E-state index contributed by atoms with van der Waals surface area (Å²) in [4.78, 5) is 70.4. The molecule has 2 N–H and O–H groups in total. The highest BCUT2D eigenvalue weighted by Crippen LogP contribution is 2.69. The molecule has 3 amide bonds. The number of imide groups is 1. The number of aromatic nitrogens is 1. The van der Waals surface area contributed by atoms with Gasteiger partial charge < -0.3 is 19.7 Å². The maximum atomic E-state index is 13.6. The number of nitrogens with zero attached hydrogens (tertiary/aromatic N) is 2. The van der Waals surface area contributed by atoms with E-state index in [9.17, 15) is 24.0 Å². The zero-order chi connectivity index (χ0) is 29.3. The van der Waals surface area contributed by atoms with Crippen LogP contribution in [0.2, 0.25) is 5.02 Å². The third-order valence-electron chi connectivity index (χ3n) is 9.73. The summed E-state index contributed by atoms with van der Waals surface area (Å²) in [5.74, 6) is -2.76. The smallest absolute Gasteiger partial charge is 0.305 e. The van der Waals surface area contributed by atoms with Crippen LogP contribution >= 0.6 is 34.7 Å². The molecule has 6 unspecified atom stereocenters. The summed E-state index contributed by atoms with van der Waals surface area (Å²) in [7, 11) is 0.